The van der Waals surface area contributed by atoms with Gasteiger partial charge in [-0.05, 0) is 31.5 Å². The summed E-state index contributed by atoms with van der Waals surface area (Å²) >= 11 is 0. The maximum atomic E-state index is 15.6. The van der Waals surface area contributed by atoms with Crippen molar-refractivity contribution < 1.29 is 27.5 Å². The third-order valence-electron chi connectivity index (χ3n) is 7.13. The van der Waals surface area contributed by atoms with Gasteiger partial charge in [-0.15, -0.1) is 0 Å². The van der Waals surface area contributed by atoms with Crippen molar-refractivity contribution in [3.05, 3.63) is 70.3 Å². The van der Waals surface area contributed by atoms with Gasteiger partial charge in [0.25, 0.3) is 0 Å². The first-order valence-electron chi connectivity index (χ1n) is 11.6. The Balaban J connectivity index is 1.76. The van der Waals surface area contributed by atoms with E-state index in [0.29, 0.717) is 22.3 Å². The molecule has 0 aromatic heterocycles. The second kappa shape index (κ2) is 7.86. The van der Waals surface area contributed by atoms with Crippen LogP contribution in [0.4, 0.5) is 18.9 Å². The van der Waals surface area contributed by atoms with E-state index in [0.717, 1.165) is 57.0 Å². The summed E-state index contributed by atoms with van der Waals surface area (Å²) in [5, 5.41) is 13.3. The van der Waals surface area contributed by atoms with Crippen LogP contribution in [0.1, 0.15) is 28.8 Å². The number of fused-ring (bicyclic) bond motifs is 2. The topological polar surface area (TPSA) is 59.5 Å². The van der Waals surface area contributed by atoms with Crippen molar-refractivity contribution in [1.29, 1.82) is 0 Å². The molecule has 0 spiro atoms. The molecule has 0 unspecified atom stereocenters. The summed E-state index contributed by atoms with van der Waals surface area (Å²) in [6.45, 7) is 4.68. The molecule has 0 saturated carbocycles. The Bertz CT molecular complexity index is 1580. The third kappa shape index (κ3) is 3.23. The lowest BCUT2D eigenvalue weighted by atomic mass is 9.88. The van der Waals surface area contributed by atoms with E-state index >= 15 is 4.39 Å². The largest absolute Gasteiger partial charge is 0.545 e. The van der Waals surface area contributed by atoms with Crippen molar-refractivity contribution >= 4 is 22.6 Å². The van der Waals surface area contributed by atoms with E-state index in [1.54, 1.807) is 12.1 Å². The predicted octanol–water partition coefficient (Wildman–Crippen LogP) is 3.68. The van der Waals surface area contributed by atoms with Crippen molar-refractivity contribution in [3.63, 3.8) is 0 Å². The normalized spacial score (nSPS) is 15.4. The van der Waals surface area contributed by atoms with Crippen LogP contribution >= 0.6 is 0 Å². The minimum absolute atomic E-state index is 0.130. The lowest BCUT2D eigenvalue weighted by molar-refractivity contribution is -0.255. The van der Waals surface area contributed by atoms with E-state index in [-0.39, 0.29) is 5.56 Å². The van der Waals surface area contributed by atoms with Crippen molar-refractivity contribution in [3.8, 4) is 22.5 Å². The zero-order valence-electron chi connectivity index (χ0n) is 19.0. The number of nitrogens with zero attached hydrogens (tertiary/aromatic N) is 2. The van der Waals surface area contributed by atoms with Gasteiger partial charge < -0.3 is 19.2 Å². The molecule has 8 heteroatoms. The van der Waals surface area contributed by atoms with Gasteiger partial charge in [0.15, 0.2) is 11.6 Å². The van der Waals surface area contributed by atoms with Gasteiger partial charge in [0.1, 0.15) is 30.3 Å². The minimum atomic E-state index is -1.99. The van der Waals surface area contributed by atoms with E-state index in [9.17, 15) is 18.7 Å². The lowest BCUT2D eigenvalue weighted by Gasteiger charge is -2.33. The number of hydrogen-bond acceptors (Lipinski definition) is 4. The molecule has 5 nitrogen and oxygen atoms in total. The molecule has 6 rings (SSSR count). The molecule has 0 N–H and O–H groups in total. The van der Waals surface area contributed by atoms with E-state index in [1.165, 1.54) is 0 Å². The summed E-state index contributed by atoms with van der Waals surface area (Å²) in [5.74, 6) is -5.93. The molecule has 35 heavy (non-hydrogen) atoms. The zero-order valence-corrected chi connectivity index (χ0v) is 19.0. The average molecular weight is 478 g/mol. The van der Waals surface area contributed by atoms with Crippen molar-refractivity contribution in [2.24, 2.45) is 0 Å². The molecule has 3 aliphatic heterocycles. The number of carboxylic acids is 1. The summed E-state index contributed by atoms with van der Waals surface area (Å²) in [5.41, 5.74) is -0.448. The fourth-order valence-electron chi connectivity index (χ4n) is 4.88. The standard InChI is InChI=1S/C27H21F3N2O3/c1-14-24(28)22(23(27(33)34)26(30)25(14)29)21-17-6-4-15(31-8-2-9-31)12-19(17)35-20-13-16(5-7-18(20)21)32-10-3-11-32/h4-7,12-13H,2-3,8-11H2,1H3. The first kappa shape index (κ1) is 21.7. The second-order valence-electron chi connectivity index (χ2n) is 9.12. The molecule has 1 aliphatic carbocycles. The van der Waals surface area contributed by atoms with Crippen molar-refractivity contribution in [2.45, 2.75) is 19.8 Å². The quantitative estimate of drug-likeness (QED) is 0.256. The average Bonchev–Trinajstić information content (AvgIpc) is 2.76. The van der Waals surface area contributed by atoms with Gasteiger partial charge in [0.2, 0.25) is 5.36 Å². The number of carbonyl (C=O) groups excluding carboxylic acids is 1. The fourth-order valence-corrected chi connectivity index (χ4v) is 4.88. The summed E-state index contributed by atoms with van der Waals surface area (Å²) in [4.78, 5) is 14.1. The Morgan fingerprint density at radius 2 is 1.74 bits per heavy atom. The van der Waals surface area contributed by atoms with Gasteiger partial charge >= 0.3 is 0 Å². The van der Waals surface area contributed by atoms with Crippen LogP contribution in [-0.4, -0.2) is 32.1 Å². The maximum Gasteiger partial charge on any atom is 0.203 e. The van der Waals surface area contributed by atoms with E-state index < -0.39 is 40.1 Å². The molecule has 178 valence electrons. The highest BCUT2D eigenvalue weighted by atomic mass is 19.2. The van der Waals surface area contributed by atoms with Crippen LogP contribution in [-0.2, 0) is 0 Å². The lowest BCUT2D eigenvalue weighted by Crippen LogP contribution is -2.40. The molecule has 0 bridgehead atoms. The van der Waals surface area contributed by atoms with Gasteiger partial charge in [-0.3, -0.25) is 0 Å². The van der Waals surface area contributed by atoms with Gasteiger partial charge in [0, 0.05) is 64.1 Å². The molecule has 2 fully saturated rings. The maximum absolute atomic E-state index is 15.6. The highest BCUT2D eigenvalue weighted by molar-refractivity contribution is 6.08. The first-order chi connectivity index (χ1) is 16.8. The molecule has 0 atom stereocenters. The van der Waals surface area contributed by atoms with Gasteiger partial charge in [-0.25, -0.2) is 17.7 Å². The Morgan fingerprint density at radius 3 is 2.37 bits per heavy atom. The molecule has 4 aliphatic rings. The van der Waals surface area contributed by atoms with Crippen LogP contribution < -0.4 is 19.9 Å². The SMILES string of the molecule is Cc1c(F)c(F)c(C(=O)[O-])c(-c2c3ccc(=[N+]4CCC4)cc-3oc3cc(N4CCC4)ccc23)c1F. The van der Waals surface area contributed by atoms with E-state index in [4.69, 9.17) is 4.42 Å². The Hall–Kier alpha value is -3.81. The third-order valence-corrected chi connectivity index (χ3v) is 7.13. The smallest absolute Gasteiger partial charge is 0.203 e. The molecule has 0 amide bonds. The van der Waals surface area contributed by atoms with E-state index in [1.807, 2.05) is 24.3 Å². The first-order valence-corrected chi connectivity index (χ1v) is 11.6. The Kier molecular flexibility index (Phi) is 4.88. The fraction of sp³-hybridized carbons (Fsp3) is 0.259. The summed E-state index contributed by atoms with van der Waals surface area (Å²) in [6.07, 6.45) is 2.15. The van der Waals surface area contributed by atoms with Crippen LogP contribution in [0.25, 0.3) is 33.4 Å². The molecule has 2 aromatic rings. The summed E-state index contributed by atoms with van der Waals surface area (Å²) in [6, 6.07) is 10.7. The zero-order chi connectivity index (χ0) is 24.4. The van der Waals surface area contributed by atoms with Crippen LogP contribution in [0.5, 0.6) is 0 Å². The monoisotopic (exact) mass is 478 g/mol. The van der Waals surface area contributed by atoms with Crippen LogP contribution in [0.15, 0.2) is 40.8 Å². The molecule has 2 aromatic carbocycles. The summed E-state index contributed by atoms with van der Waals surface area (Å²) < 4.78 is 53.3. The number of anilines is 1. The molecular weight excluding hydrogens is 457 g/mol. The molecule has 0 radical (unpaired) electrons. The highest BCUT2D eigenvalue weighted by Gasteiger charge is 2.30. The predicted molar refractivity (Wildman–Crippen MR) is 124 cm³/mol. The van der Waals surface area contributed by atoms with E-state index in [2.05, 4.69) is 9.48 Å². The van der Waals surface area contributed by atoms with Crippen molar-refractivity contribution in [1.82, 2.24) is 4.58 Å². The van der Waals surface area contributed by atoms with Crippen LogP contribution in [0, 0.1) is 24.4 Å². The number of halogens is 3. The minimum Gasteiger partial charge on any atom is -0.545 e. The van der Waals surface area contributed by atoms with Gasteiger partial charge in [-0.2, -0.15) is 0 Å². The number of aromatic carboxylic acids is 1. The Labute approximate surface area is 198 Å². The van der Waals surface area contributed by atoms with Crippen LogP contribution in [0.3, 0.4) is 0 Å². The number of carboxylic acid groups (broad SMARTS) is 1. The van der Waals surface area contributed by atoms with Crippen molar-refractivity contribution in [2.75, 3.05) is 31.1 Å². The molecule has 3 heterocycles. The Morgan fingerprint density at radius 1 is 0.971 bits per heavy atom. The summed E-state index contributed by atoms with van der Waals surface area (Å²) in [7, 11) is 0. The second-order valence-corrected chi connectivity index (χ2v) is 9.12. The highest BCUT2D eigenvalue weighted by Crippen LogP contribution is 2.44. The molecular formula is C27H21F3N2O3. The van der Waals surface area contributed by atoms with Crippen LogP contribution in [0.2, 0.25) is 0 Å². The number of carbonyl (C=O) groups is 1. The number of hydrogen-bond donors (Lipinski definition) is 0. The van der Waals surface area contributed by atoms with Gasteiger partial charge in [0.05, 0.1) is 18.5 Å². The molecule has 2 saturated heterocycles. The number of rotatable bonds is 3. The number of benzene rings is 3. The van der Waals surface area contributed by atoms with Gasteiger partial charge in [-0.1, -0.05) is 0 Å².